The quantitative estimate of drug-likeness (QED) is 0.0299. The molecule has 34 nitrogen and oxygen atoms in total. The number of ether oxygens (including phenoxy) is 2. The largest absolute Gasteiger partial charge is 0.443 e. The number of alkyl halides is 3. The van der Waals surface area contributed by atoms with Crippen LogP contribution in [-0.4, -0.2) is 193 Å². The van der Waals surface area contributed by atoms with Gasteiger partial charge >= 0.3 is 12.2 Å². The number of aromatic nitrogens is 12. The average molecular weight is 1560 g/mol. The van der Waals surface area contributed by atoms with Gasteiger partial charge in [0.25, 0.3) is 34.4 Å². The van der Waals surface area contributed by atoms with E-state index >= 15 is 0 Å². The fourth-order valence-electron chi connectivity index (χ4n) is 11.8. The van der Waals surface area contributed by atoms with Crippen LogP contribution in [0.3, 0.4) is 0 Å². The van der Waals surface area contributed by atoms with Crippen molar-refractivity contribution in [2.24, 2.45) is 16.2 Å². The number of nitrogens with zero attached hydrogens (tertiary/aromatic N) is 14. The third-order valence-electron chi connectivity index (χ3n) is 19.7. The second kappa shape index (κ2) is 31.3. The summed E-state index contributed by atoms with van der Waals surface area (Å²) in [6.07, 6.45) is 10.9. The molecule has 38 heteroatoms. The SMILES string of the molecule is CN(C(=O)OC(C)(C)C)c1cc(Cl)nc2c(C(=O)NCC3(CO)CC3)cnn12.CN(C(=O)OC(C)(C)C)c1cc(Nc2cccn(C3CC3F)c2=O)nc2c(C(=O)NCC3(CO)CC3)cnn12.CNc1cc(Nc2cccn(C3CC3F)c2=O)nc2c(C(=O)NCC3(CO)CC3)cnn12.Nc1cccn(C2CC2F)c1=O. The average Bonchev–Trinajstić information content (AvgIpc) is 1.72. The Kier molecular flexibility index (Phi) is 22.4. The van der Waals surface area contributed by atoms with Gasteiger partial charge in [-0.2, -0.15) is 28.8 Å². The van der Waals surface area contributed by atoms with E-state index in [4.69, 9.17) is 26.8 Å². The summed E-state index contributed by atoms with van der Waals surface area (Å²) < 4.78 is 58.8. The number of nitrogens with two attached hydrogens (primary N) is 1. The molecule has 0 aromatic carbocycles. The summed E-state index contributed by atoms with van der Waals surface area (Å²) in [6, 6.07) is 13.1. The van der Waals surface area contributed by atoms with Crippen molar-refractivity contribution in [3.8, 4) is 0 Å². The predicted molar refractivity (Wildman–Crippen MR) is 405 cm³/mol. The first-order valence-corrected chi connectivity index (χ1v) is 36.4. The predicted octanol–water partition coefficient (Wildman–Crippen LogP) is 7.22. The number of aliphatic hydroxyl groups is 3. The van der Waals surface area contributed by atoms with Crippen molar-refractivity contribution < 1.29 is 61.9 Å². The smallest absolute Gasteiger partial charge is 0.415 e. The first-order chi connectivity index (χ1) is 52.6. The van der Waals surface area contributed by atoms with Crippen molar-refractivity contribution in [1.29, 1.82) is 0 Å². The van der Waals surface area contributed by atoms with Crippen LogP contribution in [0.1, 0.15) is 149 Å². The van der Waals surface area contributed by atoms with Crippen molar-refractivity contribution in [2.75, 3.05) is 92.1 Å². The molecular formula is C73H89ClF3N21O13. The summed E-state index contributed by atoms with van der Waals surface area (Å²) in [5, 5.41) is 58.8. The van der Waals surface area contributed by atoms with Gasteiger partial charge in [-0.05, 0) is 116 Å². The number of nitrogens with one attached hydrogen (secondary N) is 6. The maximum Gasteiger partial charge on any atom is 0.415 e. The number of rotatable bonds is 22. The molecule has 6 aliphatic rings. The van der Waals surface area contributed by atoms with E-state index in [1.165, 1.54) is 94.1 Å². The van der Waals surface area contributed by atoms with Crippen molar-refractivity contribution in [1.82, 2.24) is 73.4 Å². The number of carbonyl (C=O) groups is 5. The molecular weight excluding hydrogens is 1470 g/mol. The number of hydrogen-bond acceptors (Lipinski definition) is 23. The Morgan fingerprint density at radius 2 is 0.892 bits per heavy atom. The molecule has 5 amide bonds. The zero-order valence-corrected chi connectivity index (χ0v) is 63.3. The zero-order chi connectivity index (χ0) is 80.0. The van der Waals surface area contributed by atoms with Crippen LogP contribution in [0, 0.1) is 16.2 Å². The summed E-state index contributed by atoms with van der Waals surface area (Å²) in [7, 11) is 4.73. The molecule has 6 fully saturated rings. The second-order valence-electron chi connectivity index (χ2n) is 30.8. The molecule has 0 spiro atoms. The number of hydrogen-bond donors (Lipinski definition) is 10. The van der Waals surface area contributed by atoms with Crippen LogP contribution in [0.25, 0.3) is 16.9 Å². The molecule has 9 aromatic heterocycles. The van der Waals surface area contributed by atoms with Gasteiger partial charge < -0.3 is 76.1 Å². The Labute approximate surface area is 637 Å². The number of pyridine rings is 3. The second-order valence-corrected chi connectivity index (χ2v) is 31.2. The summed E-state index contributed by atoms with van der Waals surface area (Å²) >= 11 is 6.13. The van der Waals surface area contributed by atoms with E-state index in [-0.39, 0.29) is 133 Å². The minimum atomic E-state index is -1.06. The standard InChI is InChI=1S/C26H32FN7O5.C21H24FN7O3.C18H24ClN5O4.C8H9FN2O/c1-25(2,3)39-24(38)32(4)20-11-19(30-17-6-5-9-33(23(17)37)18-10-16(18)27)31-21-15(12-29-34(20)21)22(36)28-13-26(14-35)7-8-26;1-23-17-8-16(26-14-3-2-6-28(20(14)32)15-7-13(15)22)27-18-12(9-25-29(17)18)19(31)24-10-21(11-30)4-5-21;1-17(2,3)28-16(27)23(4)13-7-12(19)22-14-11(8-21-24(13)14)15(26)20-9-18(10-25)5-6-18;9-5-4-7(5)11-3-1-2-6(10)8(11)12/h5-6,9,11-12,16,18,35H,7-8,10,13-14H2,1-4H3,(H,28,36)(H,30,31);2-3,6,8-9,13,15,23,30H,4-5,7,10-11H2,1H3,(H,24,31)(H,26,27);7-8,25H,5-6,9-10H2,1-4H3,(H,20,26);1-3,5,7H,4,10H2. The van der Waals surface area contributed by atoms with Gasteiger partial charge in [-0.1, -0.05) is 11.6 Å². The molecule has 6 atom stereocenters. The number of nitrogen functional groups attached to an aromatic ring is 1. The van der Waals surface area contributed by atoms with Crippen LogP contribution < -0.4 is 64.1 Å². The van der Waals surface area contributed by atoms with Crippen molar-refractivity contribution in [2.45, 2.75) is 147 Å². The lowest BCUT2D eigenvalue weighted by molar-refractivity contribution is 0.0577. The monoisotopic (exact) mass is 1560 g/mol. The van der Waals surface area contributed by atoms with E-state index in [1.54, 1.807) is 97.4 Å². The summed E-state index contributed by atoms with van der Waals surface area (Å²) in [5.74, 6) is 0.473. The van der Waals surface area contributed by atoms with Crippen molar-refractivity contribution in [3.63, 3.8) is 0 Å². The van der Waals surface area contributed by atoms with Crippen molar-refractivity contribution >= 4 is 105 Å². The Morgan fingerprint density at radius 1 is 0.550 bits per heavy atom. The van der Waals surface area contributed by atoms with Gasteiger partial charge in [0.05, 0.1) is 62.2 Å². The maximum absolute atomic E-state index is 13.7. The molecule has 0 bridgehead atoms. The molecule has 6 aliphatic carbocycles. The summed E-state index contributed by atoms with van der Waals surface area (Å²) in [5.41, 5.74) is 4.10. The van der Waals surface area contributed by atoms with Crippen LogP contribution in [0.2, 0.25) is 5.15 Å². The first-order valence-electron chi connectivity index (χ1n) is 36.1. The number of aliphatic hydroxyl groups excluding tert-OH is 3. The molecule has 9 aromatic rings. The van der Waals surface area contributed by atoms with Crippen LogP contribution >= 0.6 is 11.6 Å². The molecule has 9 heterocycles. The first kappa shape index (κ1) is 79.4. The number of anilines is 8. The summed E-state index contributed by atoms with van der Waals surface area (Å²) in [4.78, 5) is 116. The Bertz CT molecular complexity index is 5230. The topological polar surface area (TPSA) is 426 Å². The Hall–Kier alpha value is -11.2. The number of amides is 5. The highest BCUT2D eigenvalue weighted by Gasteiger charge is 2.46. The molecule has 0 radical (unpaired) electrons. The third kappa shape index (κ3) is 18.2. The van der Waals surface area contributed by atoms with Gasteiger partial charge in [0, 0.05) is 113 Å². The molecule has 11 N–H and O–H groups in total. The minimum Gasteiger partial charge on any atom is -0.443 e. The highest BCUT2D eigenvalue weighted by molar-refractivity contribution is 6.30. The van der Waals surface area contributed by atoms with Crippen molar-refractivity contribution in [3.05, 3.63) is 145 Å². The minimum absolute atomic E-state index is 0.0161. The van der Waals surface area contributed by atoms with E-state index < -0.39 is 65.5 Å². The number of fused-ring (bicyclic) bond motifs is 3. The molecule has 592 valence electrons. The van der Waals surface area contributed by atoms with E-state index in [1.807, 2.05) is 0 Å². The van der Waals surface area contributed by atoms with E-state index in [0.29, 0.717) is 55.6 Å². The van der Waals surface area contributed by atoms with Gasteiger partial charge in [0.15, 0.2) is 16.9 Å². The normalized spacial score (nSPS) is 19.6. The van der Waals surface area contributed by atoms with Gasteiger partial charge in [-0.25, -0.2) is 37.7 Å². The lowest BCUT2D eigenvalue weighted by atomic mass is 10.1. The molecule has 6 saturated carbocycles. The number of halogens is 4. The Morgan fingerprint density at radius 3 is 1.25 bits per heavy atom. The highest BCUT2D eigenvalue weighted by Crippen LogP contribution is 2.46. The summed E-state index contributed by atoms with van der Waals surface area (Å²) in [6.45, 7) is 11.7. The Balaban J connectivity index is 0.000000145. The molecule has 0 aliphatic heterocycles. The van der Waals surface area contributed by atoms with Crippen LogP contribution in [0.5, 0.6) is 0 Å². The molecule has 15 rings (SSSR count). The molecule has 111 heavy (non-hydrogen) atoms. The molecule has 6 unspecified atom stereocenters. The number of carbonyl (C=O) groups excluding carboxylic acids is 5. The lowest BCUT2D eigenvalue weighted by Crippen LogP contribution is -2.35. The van der Waals surface area contributed by atoms with E-state index in [2.05, 4.69) is 62.1 Å². The van der Waals surface area contributed by atoms with Crippen LogP contribution in [0.15, 0.2) is 106 Å². The van der Waals surface area contributed by atoms with Gasteiger partial charge in [0.1, 0.15) is 92.0 Å². The van der Waals surface area contributed by atoms with Gasteiger partial charge in [-0.3, -0.25) is 38.6 Å². The fourth-order valence-corrected chi connectivity index (χ4v) is 12.0. The lowest BCUT2D eigenvalue weighted by Gasteiger charge is -2.25. The van der Waals surface area contributed by atoms with E-state index in [0.717, 1.165) is 38.5 Å². The fraction of sp³-hybridized carbons (Fsp3) is 0.479. The highest BCUT2D eigenvalue weighted by atomic mass is 35.5. The molecule has 0 saturated heterocycles. The van der Waals surface area contributed by atoms with Crippen LogP contribution in [0.4, 0.5) is 68.9 Å². The van der Waals surface area contributed by atoms with Gasteiger partial charge in [-0.15, -0.1) is 0 Å². The van der Waals surface area contributed by atoms with E-state index in [9.17, 15) is 66.8 Å². The third-order valence-corrected chi connectivity index (χ3v) is 19.9. The zero-order valence-electron chi connectivity index (χ0n) is 62.5. The van der Waals surface area contributed by atoms with Crippen LogP contribution in [-0.2, 0) is 9.47 Å². The van der Waals surface area contributed by atoms with Gasteiger partial charge in [0.2, 0.25) is 0 Å². The maximum atomic E-state index is 13.7.